The predicted octanol–water partition coefficient (Wildman–Crippen LogP) is 2.71. The number of benzene rings is 2. The van der Waals surface area contributed by atoms with Gasteiger partial charge in [0.25, 0.3) is 0 Å². The van der Waals surface area contributed by atoms with Crippen molar-refractivity contribution in [1.29, 1.82) is 0 Å². The highest BCUT2D eigenvalue weighted by atomic mass is 35.5. The zero-order valence-electron chi connectivity index (χ0n) is 14.0. The van der Waals surface area contributed by atoms with Crippen LogP contribution in [0.25, 0.3) is 0 Å². The van der Waals surface area contributed by atoms with Crippen molar-refractivity contribution in [2.24, 2.45) is 0 Å². The first-order valence-corrected chi connectivity index (χ1v) is 9.74. The molecule has 1 amide bonds. The van der Waals surface area contributed by atoms with Gasteiger partial charge >= 0.3 is 0 Å². The van der Waals surface area contributed by atoms with Gasteiger partial charge in [-0.3, -0.25) is 4.79 Å². The lowest BCUT2D eigenvalue weighted by Crippen LogP contribution is -2.38. The molecule has 0 fully saturated rings. The van der Waals surface area contributed by atoms with Crippen molar-refractivity contribution in [2.45, 2.75) is 17.7 Å². The summed E-state index contributed by atoms with van der Waals surface area (Å²) in [7, 11) is -2.26. The average Bonchev–Trinajstić information content (AvgIpc) is 2.60. The molecule has 2 rings (SSSR count). The highest BCUT2D eigenvalue weighted by Gasteiger charge is 2.22. The van der Waals surface area contributed by atoms with Crippen molar-refractivity contribution < 1.29 is 13.2 Å². The van der Waals surface area contributed by atoms with Gasteiger partial charge in [-0.2, -0.15) is 4.31 Å². The third-order valence-corrected chi connectivity index (χ3v) is 5.91. The van der Waals surface area contributed by atoms with Crippen molar-refractivity contribution >= 4 is 27.5 Å². The van der Waals surface area contributed by atoms with Crippen LogP contribution in [0.4, 0.5) is 0 Å². The highest BCUT2D eigenvalue weighted by molar-refractivity contribution is 7.89. The number of carbonyl (C=O) groups excluding carboxylic acids is 1. The monoisotopic (exact) mass is 380 g/mol. The number of hydrogen-bond acceptors (Lipinski definition) is 3. The van der Waals surface area contributed by atoms with Crippen molar-refractivity contribution in [3.8, 4) is 0 Å². The smallest absolute Gasteiger partial charge is 0.243 e. The van der Waals surface area contributed by atoms with E-state index in [-0.39, 0.29) is 17.3 Å². The summed E-state index contributed by atoms with van der Waals surface area (Å²) in [6.07, 6.45) is 1.47. The van der Waals surface area contributed by atoms with Gasteiger partial charge in [0, 0.05) is 18.6 Å². The summed E-state index contributed by atoms with van der Waals surface area (Å²) in [5.74, 6) is -0.332. The third-order valence-electron chi connectivity index (χ3n) is 3.72. The van der Waals surface area contributed by atoms with Crippen LogP contribution in [-0.4, -0.2) is 38.8 Å². The minimum Gasteiger partial charge on any atom is -0.355 e. The molecule has 0 spiro atoms. The summed E-state index contributed by atoms with van der Waals surface area (Å²) < 4.78 is 25.8. The van der Waals surface area contributed by atoms with Crippen molar-refractivity contribution in [1.82, 2.24) is 9.62 Å². The van der Waals surface area contributed by atoms with E-state index in [2.05, 4.69) is 5.32 Å². The second-order valence-corrected chi connectivity index (χ2v) is 8.07. The van der Waals surface area contributed by atoms with E-state index in [1.54, 1.807) is 18.2 Å². The number of aryl methyl sites for hydroxylation is 1. The molecule has 0 heterocycles. The fourth-order valence-corrected chi connectivity index (χ4v) is 3.70. The Morgan fingerprint density at radius 3 is 2.40 bits per heavy atom. The molecule has 25 heavy (non-hydrogen) atoms. The first-order chi connectivity index (χ1) is 11.9. The Morgan fingerprint density at radius 2 is 1.72 bits per heavy atom. The molecule has 134 valence electrons. The Balaban J connectivity index is 1.79. The van der Waals surface area contributed by atoms with Gasteiger partial charge in [0.1, 0.15) is 0 Å². The molecule has 0 saturated carbocycles. The third kappa shape index (κ3) is 5.56. The van der Waals surface area contributed by atoms with Gasteiger partial charge in [-0.1, -0.05) is 48.0 Å². The number of sulfonamides is 1. The maximum atomic E-state index is 12.4. The van der Waals surface area contributed by atoms with Gasteiger partial charge in [0.15, 0.2) is 0 Å². The number of nitrogens with one attached hydrogen (secondary N) is 1. The lowest BCUT2D eigenvalue weighted by atomic mass is 10.1. The number of amides is 1. The van der Waals surface area contributed by atoms with E-state index in [0.717, 1.165) is 22.7 Å². The highest BCUT2D eigenvalue weighted by Crippen LogP contribution is 2.16. The number of halogens is 1. The summed E-state index contributed by atoms with van der Waals surface area (Å²) >= 11 is 6.08. The second kappa shape index (κ2) is 8.99. The van der Waals surface area contributed by atoms with E-state index in [1.807, 2.05) is 24.3 Å². The van der Waals surface area contributed by atoms with E-state index in [0.29, 0.717) is 11.6 Å². The van der Waals surface area contributed by atoms with Crippen LogP contribution in [0.1, 0.15) is 12.0 Å². The molecule has 0 aliphatic carbocycles. The molecule has 0 bridgehead atoms. The summed E-state index contributed by atoms with van der Waals surface area (Å²) in [6, 6.07) is 15.6. The number of carbonyl (C=O) groups is 1. The van der Waals surface area contributed by atoms with Crippen LogP contribution in [-0.2, 0) is 21.2 Å². The molecule has 0 aliphatic rings. The molecular formula is C18H21ClN2O3S. The van der Waals surface area contributed by atoms with Gasteiger partial charge in [-0.15, -0.1) is 0 Å². The predicted molar refractivity (Wildman–Crippen MR) is 99.0 cm³/mol. The van der Waals surface area contributed by atoms with Crippen molar-refractivity contribution in [2.75, 3.05) is 20.1 Å². The Bertz CT molecular complexity index is 810. The fraction of sp³-hybridized carbons (Fsp3) is 0.278. The molecule has 2 aromatic rings. The van der Waals surface area contributed by atoms with Crippen LogP contribution >= 0.6 is 11.6 Å². The standard InChI is InChI=1S/C18H21ClN2O3S/c1-21(25(23,24)16-10-3-2-4-11-16)14-18(22)20-13-7-9-15-8-5-6-12-17(15)19/h2-6,8,10-12H,7,9,13-14H2,1H3,(H,20,22). The molecule has 2 aromatic carbocycles. The SMILES string of the molecule is CN(CC(=O)NCCCc1ccccc1Cl)S(=O)(=O)c1ccccc1. The zero-order chi connectivity index (χ0) is 18.3. The molecule has 0 unspecified atom stereocenters. The Morgan fingerprint density at radius 1 is 1.08 bits per heavy atom. The van der Waals surface area contributed by atoms with Crippen LogP contribution in [0.15, 0.2) is 59.5 Å². The summed E-state index contributed by atoms with van der Waals surface area (Å²) in [6.45, 7) is 0.243. The van der Waals surface area contributed by atoms with Crippen LogP contribution in [0.5, 0.6) is 0 Å². The molecular weight excluding hydrogens is 360 g/mol. The number of hydrogen-bond donors (Lipinski definition) is 1. The molecule has 0 aromatic heterocycles. The quantitative estimate of drug-likeness (QED) is 0.716. The minimum absolute atomic E-state index is 0.170. The number of nitrogens with zero attached hydrogens (tertiary/aromatic N) is 1. The molecule has 5 nitrogen and oxygen atoms in total. The van der Waals surface area contributed by atoms with Crippen LogP contribution in [0.2, 0.25) is 5.02 Å². The van der Waals surface area contributed by atoms with E-state index in [1.165, 1.54) is 19.2 Å². The van der Waals surface area contributed by atoms with E-state index < -0.39 is 10.0 Å². The molecule has 0 aliphatic heterocycles. The summed E-state index contributed by atoms with van der Waals surface area (Å²) in [4.78, 5) is 12.1. The Hall–Kier alpha value is -1.89. The Labute approximate surface area is 153 Å². The lowest BCUT2D eigenvalue weighted by Gasteiger charge is -2.16. The maximum absolute atomic E-state index is 12.4. The topological polar surface area (TPSA) is 66.5 Å². The first-order valence-electron chi connectivity index (χ1n) is 7.93. The molecule has 0 radical (unpaired) electrons. The Kier molecular flexibility index (Phi) is 6.99. The van der Waals surface area contributed by atoms with Gasteiger partial charge < -0.3 is 5.32 Å². The van der Waals surface area contributed by atoms with E-state index in [9.17, 15) is 13.2 Å². The zero-order valence-corrected chi connectivity index (χ0v) is 15.6. The van der Waals surface area contributed by atoms with E-state index >= 15 is 0 Å². The van der Waals surface area contributed by atoms with Crippen LogP contribution in [0.3, 0.4) is 0 Å². The minimum atomic E-state index is -3.66. The van der Waals surface area contributed by atoms with Gasteiger partial charge in [-0.05, 0) is 36.6 Å². The van der Waals surface area contributed by atoms with Crippen molar-refractivity contribution in [3.63, 3.8) is 0 Å². The lowest BCUT2D eigenvalue weighted by molar-refractivity contribution is -0.121. The maximum Gasteiger partial charge on any atom is 0.243 e. The average molecular weight is 381 g/mol. The van der Waals surface area contributed by atoms with Crippen molar-refractivity contribution in [3.05, 3.63) is 65.2 Å². The largest absolute Gasteiger partial charge is 0.355 e. The number of likely N-dealkylation sites (N-methyl/N-ethyl adjacent to an activating group) is 1. The van der Waals surface area contributed by atoms with E-state index in [4.69, 9.17) is 11.6 Å². The first kappa shape index (κ1) is 19.4. The molecule has 7 heteroatoms. The molecule has 0 atom stereocenters. The van der Waals surface area contributed by atoms with Gasteiger partial charge in [0.2, 0.25) is 15.9 Å². The van der Waals surface area contributed by atoms with Crippen LogP contribution in [0, 0.1) is 0 Å². The summed E-state index contributed by atoms with van der Waals surface area (Å²) in [5, 5.41) is 3.45. The second-order valence-electron chi connectivity index (χ2n) is 5.62. The number of rotatable bonds is 8. The fourth-order valence-electron chi connectivity index (χ4n) is 2.32. The van der Waals surface area contributed by atoms with Crippen LogP contribution < -0.4 is 5.32 Å². The summed E-state index contributed by atoms with van der Waals surface area (Å²) in [5.41, 5.74) is 1.03. The normalized spacial score (nSPS) is 11.5. The molecule has 0 saturated heterocycles. The van der Waals surface area contributed by atoms with Gasteiger partial charge in [-0.25, -0.2) is 8.42 Å². The van der Waals surface area contributed by atoms with Gasteiger partial charge in [0.05, 0.1) is 11.4 Å². The molecule has 1 N–H and O–H groups in total.